The first-order valence-corrected chi connectivity index (χ1v) is 8.48. The van der Waals surface area contributed by atoms with E-state index in [2.05, 4.69) is 20.8 Å². The molecule has 26 heavy (non-hydrogen) atoms. The van der Waals surface area contributed by atoms with Crippen LogP contribution in [0.5, 0.6) is 11.5 Å². The van der Waals surface area contributed by atoms with Crippen molar-refractivity contribution in [1.82, 2.24) is 15.5 Å². The second kappa shape index (κ2) is 7.90. The average molecular weight is 357 g/mol. The summed E-state index contributed by atoms with van der Waals surface area (Å²) in [4.78, 5) is 14.3. The van der Waals surface area contributed by atoms with Gasteiger partial charge in [-0.3, -0.25) is 4.79 Å². The maximum absolute atomic E-state index is 12.4. The molecule has 0 fully saturated rings. The van der Waals surface area contributed by atoms with Crippen molar-refractivity contribution in [2.75, 3.05) is 37.4 Å². The highest BCUT2D eigenvalue weighted by Crippen LogP contribution is 2.33. The van der Waals surface area contributed by atoms with E-state index < -0.39 is 6.10 Å². The number of amides is 1. The van der Waals surface area contributed by atoms with Gasteiger partial charge in [-0.15, -0.1) is 5.10 Å². The molecule has 1 aromatic heterocycles. The molecular formula is C18H23N5O3. The van der Waals surface area contributed by atoms with Gasteiger partial charge >= 0.3 is 0 Å². The topological polar surface area (TPSA) is 88.6 Å². The molecule has 2 N–H and O–H groups in total. The van der Waals surface area contributed by atoms with E-state index in [1.165, 1.54) is 0 Å². The van der Waals surface area contributed by atoms with Gasteiger partial charge in [-0.1, -0.05) is 12.1 Å². The van der Waals surface area contributed by atoms with Crippen molar-refractivity contribution in [2.24, 2.45) is 0 Å². The summed E-state index contributed by atoms with van der Waals surface area (Å²) in [6.07, 6.45) is 0.648. The van der Waals surface area contributed by atoms with Crippen LogP contribution < -0.4 is 25.0 Å². The molecule has 1 amide bonds. The van der Waals surface area contributed by atoms with E-state index in [1.807, 2.05) is 50.2 Å². The number of carbonyl (C=O) groups excluding carboxylic acids is 1. The lowest BCUT2D eigenvalue weighted by Gasteiger charge is -2.31. The highest BCUT2D eigenvalue weighted by atomic mass is 16.6. The molecule has 0 radical (unpaired) electrons. The van der Waals surface area contributed by atoms with Gasteiger partial charge in [0.05, 0.1) is 11.9 Å². The fourth-order valence-corrected chi connectivity index (χ4v) is 2.57. The summed E-state index contributed by atoms with van der Waals surface area (Å²) in [5, 5.41) is 14.0. The number of ether oxygens (including phenoxy) is 2. The molecule has 1 aromatic carbocycles. The van der Waals surface area contributed by atoms with E-state index >= 15 is 0 Å². The second-order valence-electron chi connectivity index (χ2n) is 6.22. The number of nitrogens with one attached hydrogen (secondary N) is 2. The minimum Gasteiger partial charge on any atom is -0.482 e. The summed E-state index contributed by atoms with van der Waals surface area (Å²) < 4.78 is 11.5. The van der Waals surface area contributed by atoms with Crippen LogP contribution >= 0.6 is 0 Å². The van der Waals surface area contributed by atoms with Gasteiger partial charge in [-0.05, 0) is 19.1 Å². The van der Waals surface area contributed by atoms with E-state index in [9.17, 15) is 4.79 Å². The third-order valence-corrected chi connectivity index (χ3v) is 3.99. The Morgan fingerprint density at radius 2 is 1.92 bits per heavy atom. The number of nitrogens with zero attached hydrogens (tertiary/aromatic N) is 3. The number of fused-ring (bicyclic) bond motifs is 1. The molecule has 1 aliphatic rings. The molecule has 0 spiro atoms. The number of anilines is 2. The van der Waals surface area contributed by atoms with Crippen molar-refractivity contribution in [1.29, 1.82) is 0 Å². The highest BCUT2D eigenvalue weighted by Gasteiger charge is 2.33. The van der Waals surface area contributed by atoms with Crippen LogP contribution in [0.15, 0.2) is 36.5 Å². The predicted octanol–water partition coefficient (Wildman–Crippen LogP) is 1.30. The average Bonchev–Trinajstić information content (AvgIpc) is 2.64. The van der Waals surface area contributed by atoms with Crippen LogP contribution in [0, 0.1) is 0 Å². The maximum atomic E-state index is 12.4. The van der Waals surface area contributed by atoms with Gasteiger partial charge in [0.1, 0.15) is 6.10 Å². The van der Waals surface area contributed by atoms with Crippen LogP contribution in [-0.4, -0.2) is 55.5 Å². The van der Waals surface area contributed by atoms with Crippen molar-refractivity contribution >= 4 is 17.4 Å². The minimum absolute atomic E-state index is 0.207. The third kappa shape index (κ3) is 4.14. The molecule has 138 valence electrons. The number of hydrogen-bond donors (Lipinski definition) is 2. The van der Waals surface area contributed by atoms with Crippen molar-refractivity contribution in [2.45, 2.75) is 19.1 Å². The molecule has 8 heteroatoms. The Kier molecular flexibility index (Phi) is 5.40. The third-order valence-electron chi connectivity index (χ3n) is 3.99. The molecule has 3 rings (SSSR count). The van der Waals surface area contributed by atoms with Gasteiger partial charge in [0, 0.05) is 33.3 Å². The number of para-hydroxylation sites is 2. The van der Waals surface area contributed by atoms with Gasteiger partial charge < -0.3 is 25.0 Å². The Bertz CT molecular complexity index is 768. The molecule has 2 atom stereocenters. The lowest BCUT2D eigenvalue weighted by Crippen LogP contribution is -2.49. The van der Waals surface area contributed by atoms with Gasteiger partial charge in [-0.2, -0.15) is 5.10 Å². The molecule has 0 saturated heterocycles. The summed E-state index contributed by atoms with van der Waals surface area (Å²) in [7, 11) is 3.87. The molecule has 2 heterocycles. The Balaban J connectivity index is 1.48. The summed E-state index contributed by atoms with van der Waals surface area (Å²) in [5.74, 6) is 1.69. The van der Waals surface area contributed by atoms with Crippen LogP contribution in [0.2, 0.25) is 0 Å². The fraction of sp³-hybridized carbons (Fsp3) is 0.389. The quantitative estimate of drug-likeness (QED) is 0.753. The first-order valence-electron chi connectivity index (χ1n) is 8.48. The fourth-order valence-electron chi connectivity index (χ4n) is 2.57. The Hall–Kier alpha value is -3.03. The van der Waals surface area contributed by atoms with Crippen LogP contribution in [0.1, 0.15) is 6.92 Å². The molecule has 8 nitrogen and oxygen atoms in total. The molecule has 0 aliphatic carbocycles. The monoisotopic (exact) mass is 357 g/mol. The Labute approximate surface area is 152 Å². The van der Waals surface area contributed by atoms with Gasteiger partial charge in [-0.25, -0.2) is 0 Å². The molecular weight excluding hydrogens is 334 g/mol. The Morgan fingerprint density at radius 3 is 2.65 bits per heavy atom. The van der Waals surface area contributed by atoms with Gasteiger partial charge in [0.15, 0.2) is 17.3 Å². The predicted molar refractivity (Wildman–Crippen MR) is 98.8 cm³/mol. The van der Waals surface area contributed by atoms with Crippen molar-refractivity contribution in [3.8, 4) is 11.5 Å². The first kappa shape index (κ1) is 17.8. The van der Waals surface area contributed by atoms with Crippen molar-refractivity contribution in [3.05, 3.63) is 36.5 Å². The molecule has 0 bridgehead atoms. The lowest BCUT2D eigenvalue weighted by molar-refractivity contribution is -0.133. The number of benzene rings is 1. The van der Waals surface area contributed by atoms with Gasteiger partial charge in [0.25, 0.3) is 5.91 Å². The van der Waals surface area contributed by atoms with E-state index in [1.54, 1.807) is 12.3 Å². The summed E-state index contributed by atoms with van der Waals surface area (Å²) in [6.45, 7) is 2.78. The van der Waals surface area contributed by atoms with Crippen LogP contribution in [-0.2, 0) is 4.79 Å². The van der Waals surface area contributed by atoms with Gasteiger partial charge in [0.2, 0.25) is 6.10 Å². The van der Waals surface area contributed by atoms with Crippen molar-refractivity contribution < 1.29 is 14.3 Å². The molecule has 0 saturated carbocycles. The molecule has 2 aromatic rings. The molecule has 2 unspecified atom stereocenters. The van der Waals surface area contributed by atoms with Crippen LogP contribution in [0.25, 0.3) is 0 Å². The normalized spacial score (nSPS) is 18.1. The SMILES string of the molecule is CC1Oc2ccccc2OC1C(=O)NCCNc1cc(N(C)C)cnn1. The number of rotatable bonds is 6. The zero-order valence-corrected chi connectivity index (χ0v) is 15.1. The Morgan fingerprint density at radius 1 is 1.19 bits per heavy atom. The van der Waals surface area contributed by atoms with Crippen LogP contribution in [0.3, 0.4) is 0 Å². The number of aromatic nitrogens is 2. The van der Waals surface area contributed by atoms with E-state index in [4.69, 9.17) is 9.47 Å². The summed E-state index contributed by atoms with van der Waals surface area (Å²) in [5.41, 5.74) is 0.951. The first-order chi connectivity index (χ1) is 12.5. The number of carbonyl (C=O) groups is 1. The van der Waals surface area contributed by atoms with E-state index in [-0.39, 0.29) is 12.0 Å². The van der Waals surface area contributed by atoms with Crippen LogP contribution in [0.4, 0.5) is 11.5 Å². The van der Waals surface area contributed by atoms with Crippen molar-refractivity contribution in [3.63, 3.8) is 0 Å². The lowest BCUT2D eigenvalue weighted by atomic mass is 10.1. The summed E-state index contributed by atoms with van der Waals surface area (Å²) >= 11 is 0. The highest BCUT2D eigenvalue weighted by molar-refractivity contribution is 5.82. The summed E-state index contributed by atoms with van der Waals surface area (Å²) in [6, 6.07) is 9.23. The smallest absolute Gasteiger partial charge is 0.265 e. The minimum atomic E-state index is -0.679. The zero-order valence-electron chi connectivity index (χ0n) is 15.1. The molecule has 1 aliphatic heterocycles. The van der Waals surface area contributed by atoms with E-state index in [0.29, 0.717) is 30.4 Å². The second-order valence-corrected chi connectivity index (χ2v) is 6.22. The standard InChI is InChI=1S/C18H23N5O3/c1-12-17(26-15-7-5-4-6-14(15)25-12)18(24)20-9-8-19-16-10-13(23(2)3)11-21-22-16/h4-7,10-12,17H,8-9H2,1-3H3,(H,19,22)(H,20,24). The maximum Gasteiger partial charge on any atom is 0.265 e. The number of hydrogen-bond acceptors (Lipinski definition) is 7. The van der Waals surface area contributed by atoms with E-state index in [0.717, 1.165) is 5.69 Å². The zero-order chi connectivity index (χ0) is 18.5. The largest absolute Gasteiger partial charge is 0.482 e.